The Bertz CT molecular complexity index is 656. The zero-order valence-corrected chi connectivity index (χ0v) is 18.1. The number of hydrogen-bond acceptors (Lipinski definition) is 5. The first-order valence-electron chi connectivity index (χ1n) is 9.71. The predicted molar refractivity (Wildman–Crippen MR) is 123 cm³/mol. The largest absolute Gasteiger partial charge is 0.508 e. The van der Waals surface area contributed by atoms with Crippen LogP contribution in [0, 0.1) is 0 Å². The van der Waals surface area contributed by atoms with Crippen molar-refractivity contribution in [2.45, 2.75) is 26.9 Å². The Kier molecular flexibility index (Phi) is 10.6. The number of phenolic OH excluding ortho intramolecular Hbond substituents is 1. The van der Waals surface area contributed by atoms with E-state index in [1.54, 1.807) is 6.07 Å². The van der Waals surface area contributed by atoms with Crippen LogP contribution < -0.4 is 5.32 Å². The lowest BCUT2D eigenvalue weighted by atomic mass is 10.1. The molecule has 0 spiro atoms. The van der Waals surface area contributed by atoms with Crippen molar-refractivity contribution in [3.8, 4) is 5.75 Å². The Morgan fingerprint density at radius 2 is 1.44 bits per heavy atom. The molecule has 2 rings (SSSR count). The number of aromatic hydroxyl groups is 1. The molecular weight excluding hydrogens is 372 g/mol. The molecule has 0 aliphatic heterocycles. The van der Waals surface area contributed by atoms with Crippen LogP contribution in [0.15, 0.2) is 48.5 Å². The van der Waals surface area contributed by atoms with Gasteiger partial charge in [0.1, 0.15) is 5.75 Å². The molecule has 5 heteroatoms. The van der Waals surface area contributed by atoms with Crippen LogP contribution in [0.25, 0.3) is 0 Å². The smallest absolute Gasteiger partial charge is 0.120 e. The van der Waals surface area contributed by atoms with Gasteiger partial charge in [-0.25, -0.2) is 0 Å². The van der Waals surface area contributed by atoms with E-state index in [0.29, 0.717) is 12.3 Å². The van der Waals surface area contributed by atoms with Crippen molar-refractivity contribution < 1.29 is 5.11 Å². The zero-order valence-electron chi connectivity index (χ0n) is 16.5. The number of thioether (sulfide) groups is 2. The number of hydrogen-bond donors (Lipinski definition) is 2. The van der Waals surface area contributed by atoms with Crippen molar-refractivity contribution in [3.05, 3.63) is 59.7 Å². The van der Waals surface area contributed by atoms with Crippen LogP contribution in [0.4, 0.5) is 5.69 Å². The third-order valence-electron chi connectivity index (χ3n) is 4.38. The molecule has 0 saturated heterocycles. The first kappa shape index (κ1) is 22.0. The Hall–Kier alpha value is -1.30. The van der Waals surface area contributed by atoms with E-state index in [2.05, 4.69) is 48.3 Å². The highest BCUT2D eigenvalue weighted by atomic mass is 32.2. The summed E-state index contributed by atoms with van der Waals surface area (Å²) in [4.78, 5) is 2.56. The Morgan fingerprint density at radius 3 is 2.07 bits per heavy atom. The van der Waals surface area contributed by atoms with E-state index < -0.39 is 0 Å². The van der Waals surface area contributed by atoms with Crippen LogP contribution in [-0.2, 0) is 13.1 Å². The molecule has 0 bridgehead atoms. The van der Waals surface area contributed by atoms with Gasteiger partial charge in [0.15, 0.2) is 0 Å². The molecule has 0 aliphatic carbocycles. The molecule has 0 saturated carbocycles. The van der Waals surface area contributed by atoms with Crippen molar-refractivity contribution in [2.75, 3.05) is 41.4 Å². The van der Waals surface area contributed by atoms with E-state index in [-0.39, 0.29) is 0 Å². The standard InChI is InChI=1S/C22H32N2OS2/c1-3-26-15-13-24(14-16-27-4-2)18-20-10-5-7-11-21(20)23-17-19-9-6-8-12-22(19)25/h5-12,23,25H,3-4,13-18H2,1-2H3. The molecule has 2 aromatic rings. The normalized spacial score (nSPS) is 11.1. The second-order valence-corrected chi connectivity index (χ2v) is 9.10. The summed E-state index contributed by atoms with van der Waals surface area (Å²) in [6, 6.07) is 16.0. The summed E-state index contributed by atoms with van der Waals surface area (Å²) in [7, 11) is 0. The first-order chi connectivity index (χ1) is 13.2. The van der Waals surface area contributed by atoms with Gasteiger partial charge in [-0.2, -0.15) is 23.5 Å². The lowest BCUT2D eigenvalue weighted by molar-refractivity contribution is 0.301. The van der Waals surface area contributed by atoms with Gasteiger partial charge in [0.2, 0.25) is 0 Å². The molecule has 3 nitrogen and oxygen atoms in total. The van der Waals surface area contributed by atoms with Crippen LogP contribution in [0.3, 0.4) is 0 Å². The molecule has 0 aliphatic rings. The van der Waals surface area contributed by atoms with Gasteiger partial charge in [0, 0.05) is 48.9 Å². The van der Waals surface area contributed by atoms with Crippen molar-refractivity contribution in [1.29, 1.82) is 0 Å². The summed E-state index contributed by atoms with van der Waals surface area (Å²) in [5, 5.41) is 13.5. The molecule has 0 unspecified atom stereocenters. The number of nitrogens with zero attached hydrogens (tertiary/aromatic N) is 1. The van der Waals surface area contributed by atoms with Crippen LogP contribution in [0.1, 0.15) is 25.0 Å². The van der Waals surface area contributed by atoms with E-state index in [1.165, 1.54) is 28.6 Å². The van der Waals surface area contributed by atoms with Gasteiger partial charge >= 0.3 is 0 Å². The van der Waals surface area contributed by atoms with Crippen LogP contribution in [-0.4, -0.2) is 46.1 Å². The highest BCUT2D eigenvalue weighted by Crippen LogP contribution is 2.21. The number of phenols is 1. The minimum Gasteiger partial charge on any atom is -0.508 e. The summed E-state index contributed by atoms with van der Waals surface area (Å²) < 4.78 is 0. The topological polar surface area (TPSA) is 35.5 Å². The monoisotopic (exact) mass is 404 g/mol. The average molecular weight is 405 g/mol. The Labute approximate surface area is 172 Å². The van der Waals surface area contributed by atoms with Gasteiger partial charge in [-0.1, -0.05) is 50.2 Å². The molecule has 0 radical (unpaired) electrons. The SMILES string of the molecule is CCSCCN(CCSCC)Cc1ccccc1NCc1ccccc1O. The molecule has 0 heterocycles. The Morgan fingerprint density at radius 1 is 0.852 bits per heavy atom. The average Bonchev–Trinajstić information content (AvgIpc) is 2.68. The van der Waals surface area contributed by atoms with Crippen LogP contribution in [0.5, 0.6) is 5.75 Å². The maximum atomic E-state index is 9.99. The first-order valence-corrected chi connectivity index (χ1v) is 12.0. The molecule has 27 heavy (non-hydrogen) atoms. The fraction of sp³-hybridized carbons (Fsp3) is 0.455. The van der Waals surface area contributed by atoms with Gasteiger partial charge in [0.05, 0.1) is 0 Å². The van der Waals surface area contributed by atoms with Gasteiger partial charge in [-0.15, -0.1) is 0 Å². The van der Waals surface area contributed by atoms with E-state index in [4.69, 9.17) is 0 Å². The highest BCUT2D eigenvalue weighted by Gasteiger charge is 2.10. The summed E-state index contributed by atoms with van der Waals surface area (Å²) in [5.41, 5.74) is 3.39. The summed E-state index contributed by atoms with van der Waals surface area (Å²) in [6.07, 6.45) is 0. The third-order valence-corrected chi connectivity index (χ3v) is 6.14. The minimum absolute atomic E-state index is 0.345. The summed E-state index contributed by atoms with van der Waals surface area (Å²) >= 11 is 4.02. The van der Waals surface area contributed by atoms with Gasteiger partial charge in [-0.3, -0.25) is 4.90 Å². The number of para-hydroxylation sites is 2. The van der Waals surface area contributed by atoms with E-state index in [9.17, 15) is 5.11 Å². The van der Waals surface area contributed by atoms with Crippen molar-refractivity contribution in [2.24, 2.45) is 0 Å². The van der Waals surface area contributed by atoms with E-state index in [0.717, 1.165) is 30.9 Å². The summed E-state index contributed by atoms with van der Waals surface area (Å²) in [5.74, 6) is 5.06. The molecule has 2 N–H and O–H groups in total. The van der Waals surface area contributed by atoms with E-state index in [1.807, 2.05) is 41.7 Å². The fourth-order valence-electron chi connectivity index (χ4n) is 2.87. The van der Waals surface area contributed by atoms with Crippen LogP contribution in [0.2, 0.25) is 0 Å². The number of rotatable bonds is 13. The predicted octanol–water partition coefficient (Wildman–Crippen LogP) is 5.31. The third kappa shape index (κ3) is 8.08. The van der Waals surface area contributed by atoms with Crippen molar-refractivity contribution >= 4 is 29.2 Å². The highest BCUT2D eigenvalue weighted by molar-refractivity contribution is 7.99. The number of nitrogens with one attached hydrogen (secondary N) is 1. The quantitative estimate of drug-likeness (QED) is 0.442. The lowest BCUT2D eigenvalue weighted by Gasteiger charge is -2.24. The Balaban J connectivity index is 2.01. The molecule has 0 amide bonds. The maximum absolute atomic E-state index is 9.99. The molecule has 0 aromatic heterocycles. The lowest BCUT2D eigenvalue weighted by Crippen LogP contribution is -2.28. The molecule has 0 atom stereocenters. The zero-order chi connectivity index (χ0) is 19.3. The van der Waals surface area contributed by atoms with Crippen LogP contribution >= 0.6 is 23.5 Å². The molecule has 0 fully saturated rings. The maximum Gasteiger partial charge on any atom is 0.120 e. The van der Waals surface area contributed by atoms with E-state index >= 15 is 0 Å². The van der Waals surface area contributed by atoms with Gasteiger partial charge in [-0.05, 0) is 29.2 Å². The van der Waals surface area contributed by atoms with Gasteiger partial charge in [0.25, 0.3) is 0 Å². The number of benzene rings is 2. The molecule has 2 aromatic carbocycles. The second-order valence-electron chi connectivity index (χ2n) is 6.31. The second kappa shape index (κ2) is 13.0. The number of anilines is 1. The molecular formula is C22H32N2OS2. The van der Waals surface area contributed by atoms with Crippen molar-refractivity contribution in [3.63, 3.8) is 0 Å². The van der Waals surface area contributed by atoms with Gasteiger partial charge < -0.3 is 10.4 Å². The minimum atomic E-state index is 0.345. The van der Waals surface area contributed by atoms with Crippen molar-refractivity contribution in [1.82, 2.24) is 4.90 Å². The summed E-state index contributed by atoms with van der Waals surface area (Å²) in [6.45, 7) is 8.27. The molecule has 148 valence electrons. The fourth-order valence-corrected chi connectivity index (χ4v) is 4.22.